The van der Waals surface area contributed by atoms with E-state index < -0.39 is 0 Å². The van der Waals surface area contributed by atoms with Crippen molar-refractivity contribution in [3.63, 3.8) is 0 Å². The molecule has 4 heteroatoms. The van der Waals surface area contributed by atoms with Crippen LogP contribution in [0.15, 0.2) is 18.2 Å². The molecular weight excluding hydrogens is 243 g/mol. The van der Waals surface area contributed by atoms with E-state index in [0.29, 0.717) is 18.6 Å². The molecule has 0 heterocycles. The van der Waals surface area contributed by atoms with Crippen molar-refractivity contribution in [2.45, 2.75) is 37.9 Å². The quantitative estimate of drug-likeness (QED) is 0.772. The van der Waals surface area contributed by atoms with Gasteiger partial charge in [-0.1, -0.05) is 12.1 Å². The highest BCUT2D eigenvalue weighted by Crippen LogP contribution is 2.34. The Kier molecular flexibility index (Phi) is 3.89. The SMILES string of the molecule is CCOC1C(Cl)CC1Oc1cccc(C)c1F. The van der Waals surface area contributed by atoms with Crippen LogP contribution in [0.4, 0.5) is 4.39 Å². The van der Waals surface area contributed by atoms with Crippen molar-refractivity contribution < 1.29 is 13.9 Å². The lowest BCUT2D eigenvalue weighted by Crippen LogP contribution is -2.52. The number of alkyl halides is 1. The number of aryl methyl sites for hydroxylation is 1. The fourth-order valence-corrected chi connectivity index (χ4v) is 2.33. The monoisotopic (exact) mass is 258 g/mol. The molecule has 0 spiro atoms. The van der Waals surface area contributed by atoms with E-state index in [1.54, 1.807) is 25.1 Å². The highest BCUT2D eigenvalue weighted by Gasteiger charge is 2.42. The van der Waals surface area contributed by atoms with Crippen LogP contribution in [0.3, 0.4) is 0 Å². The predicted molar refractivity (Wildman–Crippen MR) is 65.2 cm³/mol. The number of halogens is 2. The number of ether oxygens (including phenoxy) is 2. The third-order valence-corrected chi connectivity index (χ3v) is 3.40. The van der Waals surface area contributed by atoms with Crippen LogP contribution in [0.2, 0.25) is 0 Å². The second-order valence-electron chi connectivity index (χ2n) is 4.21. The van der Waals surface area contributed by atoms with Gasteiger partial charge in [0.2, 0.25) is 0 Å². The standard InChI is InChI=1S/C13H16ClFO2/c1-3-16-13-9(14)7-11(13)17-10-6-4-5-8(2)12(10)15/h4-6,9,11,13H,3,7H2,1-2H3. The Morgan fingerprint density at radius 2 is 2.24 bits per heavy atom. The molecule has 3 atom stereocenters. The van der Waals surface area contributed by atoms with E-state index in [4.69, 9.17) is 21.1 Å². The zero-order chi connectivity index (χ0) is 12.4. The minimum absolute atomic E-state index is 0.0344. The molecule has 1 saturated carbocycles. The van der Waals surface area contributed by atoms with Crippen LogP contribution in [0.25, 0.3) is 0 Å². The van der Waals surface area contributed by atoms with Gasteiger partial charge in [0.15, 0.2) is 11.6 Å². The third kappa shape index (κ3) is 2.55. The number of rotatable bonds is 4. The number of hydrogen-bond acceptors (Lipinski definition) is 2. The van der Waals surface area contributed by atoms with Gasteiger partial charge in [-0.2, -0.15) is 0 Å². The summed E-state index contributed by atoms with van der Waals surface area (Å²) in [5.41, 5.74) is 0.581. The number of benzene rings is 1. The Morgan fingerprint density at radius 1 is 1.47 bits per heavy atom. The first kappa shape index (κ1) is 12.7. The minimum Gasteiger partial charge on any atom is -0.485 e. The summed E-state index contributed by atoms with van der Waals surface area (Å²) >= 11 is 6.03. The zero-order valence-corrected chi connectivity index (χ0v) is 10.7. The molecule has 1 aromatic rings. The van der Waals surface area contributed by atoms with Gasteiger partial charge in [0.1, 0.15) is 12.2 Å². The van der Waals surface area contributed by atoms with Crippen LogP contribution in [-0.2, 0) is 4.74 Å². The Bertz CT molecular complexity index is 397. The first-order chi connectivity index (χ1) is 8.13. The molecule has 2 rings (SSSR count). The van der Waals surface area contributed by atoms with Crippen molar-refractivity contribution in [3.8, 4) is 5.75 Å². The van der Waals surface area contributed by atoms with Crippen LogP contribution in [-0.4, -0.2) is 24.2 Å². The van der Waals surface area contributed by atoms with E-state index >= 15 is 0 Å². The third-order valence-electron chi connectivity index (χ3n) is 2.97. The molecule has 1 aliphatic carbocycles. The lowest BCUT2D eigenvalue weighted by Gasteiger charge is -2.40. The molecule has 0 aliphatic heterocycles. The summed E-state index contributed by atoms with van der Waals surface area (Å²) in [7, 11) is 0. The van der Waals surface area contributed by atoms with Crippen LogP contribution < -0.4 is 4.74 Å². The van der Waals surface area contributed by atoms with Crippen LogP contribution >= 0.6 is 11.6 Å². The fourth-order valence-electron chi connectivity index (χ4n) is 1.92. The van der Waals surface area contributed by atoms with Gasteiger partial charge in [0.25, 0.3) is 0 Å². The molecule has 1 aliphatic rings. The maximum Gasteiger partial charge on any atom is 0.167 e. The second kappa shape index (κ2) is 5.23. The summed E-state index contributed by atoms with van der Waals surface area (Å²) in [4.78, 5) is 0. The molecule has 17 heavy (non-hydrogen) atoms. The van der Waals surface area contributed by atoms with Crippen molar-refractivity contribution >= 4 is 11.6 Å². The van der Waals surface area contributed by atoms with Crippen molar-refractivity contribution in [2.75, 3.05) is 6.61 Å². The first-order valence-electron chi connectivity index (χ1n) is 5.81. The summed E-state index contributed by atoms with van der Waals surface area (Å²) in [6, 6.07) is 5.13. The van der Waals surface area contributed by atoms with Gasteiger partial charge in [-0.3, -0.25) is 0 Å². The van der Waals surface area contributed by atoms with E-state index in [-0.39, 0.29) is 29.2 Å². The van der Waals surface area contributed by atoms with E-state index in [1.165, 1.54) is 0 Å². The van der Waals surface area contributed by atoms with Gasteiger partial charge in [0.05, 0.1) is 5.38 Å². The molecule has 1 aromatic carbocycles. The van der Waals surface area contributed by atoms with Crippen molar-refractivity contribution in [2.24, 2.45) is 0 Å². The Labute approximate surface area is 106 Å². The molecule has 0 saturated heterocycles. The summed E-state index contributed by atoms with van der Waals surface area (Å²) in [5.74, 6) is -0.0240. The Balaban J connectivity index is 2.04. The predicted octanol–water partition coefficient (Wildman–Crippen LogP) is 3.30. The van der Waals surface area contributed by atoms with E-state index in [1.807, 2.05) is 6.92 Å². The van der Waals surface area contributed by atoms with Gasteiger partial charge in [-0.25, -0.2) is 4.39 Å². The van der Waals surface area contributed by atoms with E-state index in [2.05, 4.69) is 0 Å². The van der Waals surface area contributed by atoms with Gasteiger partial charge in [0, 0.05) is 13.0 Å². The number of hydrogen-bond donors (Lipinski definition) is 0. The Morgan fingerprint density at radius 3 is 2.88 bits per heavy atom. The molecule has 0 radical (unpaired) electrons. The van der Waals surface area contributed by atoms with E-state index in [0.717, 1.165) is 0 Å². The van der Waals surface area contributed by atoms with Gasteiger partial charge >= 0.3 is 0 Å². The van der Waals surface area contributed by atoms with Crippen LogP contribution in [0.5, 0.6) is 5.75 Å². The van der Waals surface area contributed by atoms with Crippen molar-refractivity contribution in [3.05, 3.63) is 29.6 Å². The molecule has 3 unspecified atom stereocenters. The van der Waals surface area contributed by atoms with Crippen molar-refractivity contribution in [1.82, 2.24) is 0 Å². The summed E-state index contributed by atoms with van der Waals surface area (Å²) in [6.45, 7) is 4.21. The molecular formula is C13H16ClFO2. The van der Waals surface area contributed by atoms with Gasteiger partial charge in [-0.15, -0.1) is 11.6 Å². The highest BCUT2D eigenvalue weighted by atomic mass is 35.5. The van der Waals surface area contributed by atoms with Gasteiger partial charge < -0.3 is 9.47 Å². The smallest absolute Gasteiger partial charge is 0.167 e. The molecule has 0 amide bonds. The average molecular weight is 259 g/mol. The summed E-state index contributed by atoms with van der Waals surface area (Å²) in [5, 5.41) is -0.0344. The molecule has 0 aromatic heterocycles. The van der Waals surface area contributed by atoms with Crippen LogP contribution in [0.1, 0.15) is 18.9 Å². The molecule has 1 fully saturated rings. The largest absolute Gasteiger partial charge is 0.485 e. The maximum absolute atomic E-state index is 13.7. The first-order valence-corrected chi connectivity index (χ1v) is 6.24. The molecule has 0 bridgehead atoms. The zero-order valence-electron chi connectivity index (χ0n) is 9.95. The topological polar surface area (TPSA) is 18.5 Å². The summed E-state index contributed by atoms with van der Waals surface area (Å²) < 4.78 is 24.8. The normalized spacial score (nSPS) is 27.6. The molecule has 94 valence electrons. The lowest BCUT2D eigenvalue weighted by atomic mass is 9.91. The highest BCUT2D eigenvalue weighted by molar-refractivity contribution is 6.21. The fraction of sp³-hybridized carbons (Fsp3) is 0.538. The van der Waals surface area contributed by atoms with Crippen molar-refractivity contribution in [1.29, 1.82) is 0 Å². The Hall–Kier alpha value is -0.800. The lowest BCUT2D eigenvalue weighted by molar-refractivity contribution is -0.0770. The minimum atomic E-state index is -0.305. The molecule has 2 nitrogen and oxygen atoms in total. The van der Waals surface area contributed by atoms with Crippen LogP contribution in [0, 0.1) is 12.7 Å². The summed E-state index contributed by atoms with van der Waals surface area (Å²) in [6.07, 6.45) is 0.412. The average Bonchev–Trinajstić information content (AvgIpc) is 2.31. The van der Waals surface area contributed by atoms with E-state index in [9.17, 15) is 4.39 Å². The second-order valence-corrected chi connectivity index (χ2v) is 4.78. The van der Waals surface area contributed by atoms with Gasteiger partial charge in [-0.05, 0) is 25.5 Å². The molecule has 0 N–H and O–H groups in total. The maximum atomic E-state index is 13.7.